The molecule has 1 aliphatic carbocycles. The van der Waals surface area contributed by atoms with E-state index in [2.05, 4.69) is 70.2 Å². The van der Waals surface area contributed by atoms with Crippen LogP contribution in [0.1, 0.15) is 29.0 Å². The molecule has 7 rings (SSSR count). The Bertz CT molecular complexity index is 1630. The predicted molar refractivity (Wildman–Crippen MR) is 149 cm³/mol. The smallest absolute Gasteiger partial charge is 0.235 e. The van der Waals surface area contributed by atoms with E-state index in [1.54, 1.807) is 14.2 Å². The van der Waals surface area contributed by atoms with Gasteiger partial charge in [-0.15, -0.1) is 0 Å². The second-order valence-corrected chi connectivity index (χ2v) is 10.9. The third-order valence-corrected chi connectivity index (χ3v) is 8.84. The molecule has 1 aromatic heterocycles. The molecule has 200 valence electrons. The number of methoxy groups -OCH3 is 2. The maximum atomic E-state index is 13.1. The van der Waals surface area contributed by atoms with Crippen LogP contribution in [0.3, 0.4) is 0 Å². The summed E-state index contributed by atoms with van der Waals surface area (Å²) in [7, 11) is 7.47. The summed E-state index contributed by atoms with van der Waals surface area (Å²) in [5.41, 5.74) is 5.22. The minimum atomic E-state index is -0.542. The van der Waals surface area contributed by atoms with Crippen molar-refractivity contribution in [2.24, 2.45) is 0 Å². The maximum absolute atomic E-state index is 13.1. The summed E-state index contributed by atoms with van der Waals surface area (Å²) in [5.74, 6) is 2.37. The Kier molecular flexibility index (Phi) is 5.20. The Morgan fingerprint density at radius 3 is 2.62 bits per heavy atom. The van der Waals surface area contributed by atoms with Crippen LogP contribution in [0.2, 0.25) is 0 Å². The number of fused-ring (bicyclic) bond motifs is 3. The first-order valence-electron chi connectivity index (χ1n) is 13.1. The normalized spacial score (nSPS) is 22.5. The van der Waals surface area contributed by atoms with Gasteiger partial charge in [0.15, 0.2) is 5.82 Å². The highest BCUT2D eigenvalue weighted by atomic mass is 16.5. The molecule has 9 nitrogen and oxygen atoms in total. The molecule has 0 bridgehead atoms. The second-order valence-electron chi connectivity index (χ2n) is 10.9. The Balaban J connectivity index is 1.19. The fraction of sp³-hybridized carbons (Fsp3) is 0.333. The van der Waals surface area contributed by atoms with Crippen LogP contribution in [0.15, 0.2) is 54.6 Å². The van der Waals surface area contributed by atoms with Crippen molar-refractivity contribution in [3.05, 3.63) is 71.3 Å². The number of aromatic nitrogens is 2. The number of H-pyrrole nitrogens is 1. The van der Waals surface area contributed by atoms with Gasteiger partial charge < -0.3 is 24.8 Å². The van der Waals surface area contributed by atoms with E-state index >= 15 is 0 Å². The van der Waals surface area contributed by atoms with Gasteiger partial charge in [-0.05, 0) is 79.7 Å². The van der Waals surface area contributed by atoms with Gasteiger partial charge in [0.25, 0.3) is 0 Å². The van der Waals surface area contributed by atoms with Crippen molar-refractivity contribution in [3.63, 3.8) is 0 Å². The van der Waals surface area contributed by atoms with Crippen molar-refractivity contribution in [2.45, 2.75) is 23.3 Å². The van der Waals surface area contributed by atoms with Crippen molar-refractivity contribution in [1.82, 2.24) is 15.1 Å². The van der Waals surface area contributed by atoms with Crippen LogP contribution < -0.4 is 20.1 Å². The van der Waals surface area contributed by atoms with Crippen LogP contribution >= 0.6 is 0 Å². The SMILES string of the molecule is COc1ccc2c(c1)[C@]1(C[C@H]1c1ccc3c(Nc4cc(C5(N(C)C)COC5)ccc4OC)n[nH]c3c1)C(=O)N2. The zero-order valence-electron chi connectivity index (χ0n) is 22.4. The van der Waals surface area contributed by atoms with Crippen LogP contribution in [0, 0.1) is 0 Å². The molecule has 1 spiro atoms. The molecule has 1 saturated carbocycles. The van der Waals surface area contributed by atoms with Gasteiger partial charge in [0.05, 0.1) is 49.6 Å². The highest BCUT2D eigenvalue weighted by Gasteiger charge is 2.65. The number of nitrogens with zero attached hydrogens (tertiary/aromatic N) is 2. The third-order valence-electron chi connectivity index (χ3n) is 8.84. The number of carbonyl (C=O) groups is 1. The van der Waals surface area contributed by atoms with Crippen LogP contribution in [0.25, 0.3) is 10.9 Å². The molecule has 3 N–H and O–H groups in total. The monoisotopic (exact) mass is 525 g/mol. The molecule has 4 aromatic rings. The van der Waals surface area contributed by atoms with Gasteiger partial charge in [0, 0.05) is 17.0 Å². The largest absolute Gasteiger partial charge is 0.497 e. The number of nitrogens with one attached hydrogen (secondary N) is 3. The van der Waals surface area contributed by atoms with E-state index < -0.39 is 5.41 Å². The molecule has 2 fully saturated rings. The van der Waals surface area contributed by atoms with Crippen LogP contribution in [-0.4, -0.2) is 62.5 Å². The molecule has 3 aliphatic rings. The van der Waals surface area contributed by atoms with E-state index in [1.165, 1.54) is 0 Å². The number of carbonyl (C=O) groups excluding carboxylic acids is 1. The van der Waals surface area contributed by atoms with Gasteiger partial charge in [-0.25, -0.2) is 0 Å². The Morgan fingerprint density at radius 1 is 1.05 bits per heavy atom. The predicted octanol–water partition coefficient (Wildman–Crippen LogP) is 4.49. The lowest BCUT2D eigenvalue weighted by Gasteiger charge is -2.47. The summed E-state index contributed by atoms with van der Waals surface area (Å²) >= 11 is 0. The first kappa shape index (κ1) is 24.0. The van der Waals surface area contributed by atoms with Crippen molar-refractivity contribution in [2.75, 3.05) is 52.2 Å². The topological polar surface area (TPSA) is 101 Å². The molecule has 0 unspecified atom stereocenters. The summed E-state index contributed by atoms with van der Waals surface area (Å²) < 4.78 is 16.7. The maximum Gasteiger partial charge on any atom is 0.235 e. The van der Waals surface area contributed by atoms with Crippen molar-refractivity contribution >= 4 is 34.0 Å². The van der Waals surface area contributed by atoms with E-state index in [1.807, 2.05) is 24.3 Å². The summed E-state index contributed by atoms with van der Waals surface area (Å²) in [5, 5.41) is 15.3. The zero-order valence-corrected chi connectivity index (χ0v) is 22.4. The van der Waals surface area contributed by atoms with E-state index in [-0.39, 0.29) is 17.4 Å². The lowest BCUT2D eigenvalue weighted by molar-refractivity contribution is -0.130. The molecule has 1 amide bonds. The second kappa shape index (κ2) is 8.46. The lowest BCUT2D eigenvalue weighted by Crippen LogP contribution is -2.56. The summed E-state index contributed by atoms with van der Waals surface area (Å²) in [6.45, 7) is 1.30. The lowest BCUT2D eigenvalue weighted by atomic mass is 9.86. The van der Waals surface area contributed by atoms with Crippen LogP contribution in [-0.2, 0) is 20.5 Å². The van der Waals surface area contributed by atoms with E-state index in [0.717, 1.165) is 62.7 Å². The average molecular weight is 526 g/mol. The molecule has 3 aromatic carbocycles. The first-order chi connectivity index (χ1) is 18.9. The van der Waals surface area contributed by atoms with Gasteiger partial charge in [-0.2, -0.15) is 5.10 Å². The minimum absolute atomic E-state index is 0.0575. The molecule has 9 heteroatoms. The molecule has 0 radical (unpaired) electrons. The van der Waals surface area contributed by atoms with Crippen molar-refractivity contribution < 1.29 is 19.0 Å². The van der Waals surface area contributed by atoms with E-state index in [4.69, 9.17) is 14.2 Å². The number of benzene rings is 3. The molecule has 3 heterocycles. The number of likely N-dealkylation sites (N-methyl/N-ethyl adjacent to an activating group) is 1. The number of rotatable bonds is 7. The minimum Gasteiger partial charge on any atom is -0.497 e. The average Bonchev–Trinajstić information content (AvgIpc) is 3.46. The van der Waals surface area contributed by atoms with Crippen LogP contribution in [0.5, 0.6) is 11.5 Å². The molecular formula is C30H31N5O4. The number of anilines is 3. The summed E-state index contributed by atoms with van der Waals surface area (Å²) in [6, 6.07) is 18.3. The van der Waals surface area contributed by atoms with Gasteiger partial charge in [-0.1, -0.05) is 12.1 Å². The molecular weight excluding hydrogens is 494 g/mol. The fourth-order valence-corrected chi connectivity index (χ4v) is 6.25. The molecule has 2 aliphatic heterocycles. The summed E-state index contributed by atoms with van der Waals surface area (Å²) in [4.78, 5) is 15.3. The number of amides is 1. The quantitative estimate of drug-likeness (QED) is 0.327. The Hall–Kier alpha value is -4.08. The Morgan fingerprint density at radius 2 is 1.90 bits per heavy atom. The molecule has 2 atom stereocenters. The van der Waals surface area contributed by atoms with Crippen LogP contribution in [0.4, 0.5) is 17.2 Å². The Labute approximate surface area is 226 Å². The van der Waals surface area contributed by atoms with Crippen molar-refractivity contribution in [3.8, 4) is 11.5 Å². The zero-order chi connectivity index (χ0) is 26.9. The highest BCUT2D eigenvalue weighted by Crippen LogP contribution is 2.65. The van der Waals surface area contributed by atoms with Gasteiger partial charge in [-0.3, -0.25) is 14.8 Å². The highest BCUT2D eigenvalue weighted by molar-refractivity contribution is 6.10. The number of ether oxygens (including phenoxy) is 3. The van der Waals surface area contributed by atoms with Crippen molar-refractivity contribution in [1.29, 1.82) is 0 Å². The van der Waals surface area contributed by atoms with Gasteiger partial charge in [0.1, 0.15) is 11.5 Å². The number of hydrogen-bond donors (Lipinski definition) is 3. The van der Waals surface area contributed by atoms with Gasteiger partial charge in [0.2, 0.25) is 5.91 Å². The standard InChI is InChI=1S/C30H31N5O4/c1-35(2)29(15-39-16-29)18-6-10-26(38-4)25(12-18)31-27-20-8-5-17(11-24(20)33-34-27)22-14-30(22)21-13-19(37-3)7-9-23(21)32-28(30)36/h5-13,22H,14-16H2,1-4H3,(H,32,36)(H2,31,33,34)/t22-,30-/m0/s1. The number of hydrogen-bond acceptors (Lipinski definition) is 7. The molecule has 39 heavy (non-hydrogen) atoms. The van der Waals surface area contributed by atoms with E-state index in [0.29, 0.717) is 13.2 Å². The first-order valence-corrected chi connectivity index (χ1v) is 13.1. The third kappa shape index (κ3) is 3.39. The number of aromatic amines is 1. The van der Waals surface area contributed by atoms with Gasteiger partial charge >= 0.3 is 0 Å². The summed E-state index contributed by atoms with van der Waals surface area (Å²) in [6.07, 6.45) is 0.769. The van der Waals surface area contributed by atoms with E-state index in [9.17, 15) is 4.79 Å². The fourth-order valence-electron chi connectivity index (χ4n) is 6.25. The molecule has 1 saturated heterocycles.